The van der Waals surface area contributed by atoms with Crippen LogP contribution in [-0.4, -0.2) is 66.3 Å². The second-order valence-corrected chi connectivity index (χ2v) is 12.2. The van der Waals surface area contributed by atoms with Crippen molar-refractivity contribution in [3.05, 3.63) is 60.8 Å². The van der Waals surface area contributed by atoms with Gasteiger partial charge in [-0.25, -0.2) is 4.57 Å². The lowest BCUT2D eigenvalue weighted by molar-refractivity contribution is -0.154. The van der Waals surface area contributed by atoms with Gasteiger partial charge in [0.2, 0.25) is 0 Å². The van der Waals surface area contributed by atoms with E-state index in [1.54, 1.807) is 0 Å². The molecular formula is C35H61O9P. The van der Waals surface area contributed by atoms with Crippen LogP contribution in [0.1, 0.15) is 110 Å². The fourth-order valence-electron chi connectivity index (χ4n) is 3.89. The van der Waals surface area contributed by atoms with E-state index in [0.29, 0.717) is 13.0 Å². The number of unbranched alkanes of at least 4 members (excludes halogenated alkanes) is 7. The summed E-state index contributed by atoms with van der Waals surface area (Å²) in [4.78, 5) is 22.3. The Labute approximate surface area is 272 Å². The predicted octanol–water partition coefficient (Wildman–Crippen LogP) is 8.07. The highest BCUT2D eigenvalue weighted by Crippen LogP contribution is 2.43. The molecule has 0 fully saturated rings. The molecule has 0 aliphatic rings. The van der Waals surface area contributed by atoms with Crippen LogP contribution in [0.3, 0.4) is 0 Å². The zero-order valence-corrected chi connectivity index (χ0v) is 28.7. The Morgan fingerprint density at radius 3 is 1.93 bits per heavy atom. The summed E-state index contributed by atoms with van der Waals surface area (Å²) in [5.74, 6) is -0.418. The summed E-state index contributed by atoms with van der Waals surface area (Å²) in [6, 6.07) is 0. The van der Waals surface area contributed by atoms with E-state index in [0.717, 1.165) is 77.0 Å². The van der Waals surface area contributed by atoms with Crippen molar-refractivity contribution < 1.29 is 43.0 Å². The number of aliphatic hydroxyl groups excluding tert-OH is 2. The number of carbonyl (C=O) groups is 1. The average Bonchev–Trinajstić information content (AvgIpc) is 3.03. The monoisotopic (exact) mass is 656 g/mol. The van der Waals surface area contributed by atoms with Crippen molar-refractivity contribution in [1.29, 1.82) is 0 Å². The van der Waals surface area contributed by atoms with Crippen LogP contribution in [0.15, 0.2) is 60.8 Å². The number of carbonyl (C=O) groups excluding carboxylic acids is 1. The van der Waals surface area contributed by atoms with Gasteiger partial charge in [0.25, 0.3) is 0 Å². The van der Waals surface area contributed by atoms with Gasteiger partial charge in [-0.05, 0) is 64.2 Å². The fraction of sp³-hybridized carbons (Fsp3) is 0.686. The Hall–Kier alpha value is -1.84. The highest BCUT2D eigenvalue weighted by atomic mass is 31.2. The van der Waals surface area contributed by atoms with Gasteiger partial charge >= 0.3 is 13.8 Å². The maximum absolute atomic E-state index is 12.5. The molecule has 0 amide bonds. The number of aliphatic hydroxyl groups is 2. The number of allylic oxidation sites excluding steroid dienone is 10. The van der Waals surface area contributed by atoms with E-state index in [9.17, 15) is 19.4 Å². The molecule has 0 bridgehead atoms. The summed E-state index contributed by atoms with van der Waals surface area (Å²) in [6.07, 6.45) is 33.4. The van der Waals surface area contributed by atoms with Gasteiger partial charge in [0.15, 0.2) is 0 Å². The van der Waals surface area contributed by atoms with E-state index in [4.69, 9.17) is 19.1 Å². The first kappa shape index (κ1) is 43.2. The van der Waals surface area contributed by atoms with Gasteiger partial charge in [0, 0.05) is 13.0 Å². The van der Waals surface area contributed by atoms with Crippen LogP contribution in [0, 0.1) is 0 Å². The molecule has 3 N–H and O–H groups in total. The minimum Gasteiger partial charge on any atom is -0.457 e. The van der Waals surface area contributed by atoms with Crippen molar-refractivity contribution in [2.45, 2.75) is 122 Å². The zero-order valence-electron chi connectivity index (χ0n) is 27.8. The lowest BCUT2D eigenvalue weighted by Gasteiger charge is -2.20. The number of phosphoric ester groups is 1. The Morgan fingerprint density at radius 2 is 1.27 bits per heavy atom. The molecule has 3 atom stereocenters. The van der Waals surface area contributed by atoms with Gasteiger partial charge in [0.1, 0.15) is 12.2 Å². The van der Waals surface area contributed by atoms with Crippen LogP contribution in [0.5, 0.6) is 0 Å². The van der Waals surface area contributed by atoms with E-state index >= 15 is 0 Å². The topological polar surface area (TPSA) is 132 Å². The Morgan fingerprint density at radius 1 is 0.711 bits per heavy atom. The normalized spacial score (nSPS) is 15.2. The molecule has 3 unspecified atom stereocenters. The van der Waals surface area contributed by atoms with Crippen LogP contribution >= 0.6 is 7.82 Å². The number of rotatable bonds is 31. The minimum absolute atomic E-state index is 0.00472. The summed E-state index contributed by atoms with van der Waals surface area (Å²) < 4.78 is 33.0. The minimum atomic E-state index is -4.52. The molecule has 45 heavy (non-hydrogen) atoms. The first-order valence-corrected chi connectivity index (χ1v) is 18.3. The molecule has 0 saturated heterocycles. The zero-order chi connectivity index (χ0) is 33.3. The fourth-order valence-corrected chi connectivity index (χ4v) is 4.68. The Bertz CT molecular complexity index is 882. The number of esters is 1. The van der Waals surface area contributed by atoms with Crippen LogP contribution in [-0.2, 0) is 27.9 Å². The molecule has 0 aliphatic carbocycles. The number of hydrogen-bond acceptors (Lipinski definition) is 8. The molecular weight excluding hydrogens is 595 g/mol. The van der Waals surface area contributed by atoms with E-state index < -0.39 is 45.8 Å². The van der Waals surface area contributed by atoms with Crippen LogP contribution in [0.4, 0.5) is 0 Å². The maximum Gasteiger partial charge on any atom is 0.472 e. The van der Waals surface area contributed by atoms with E-state index in [-0.39, 0.29) is 13.0 Å². The van der Waals surface area contributed by atoms with Gasteiger partial charge in [-0.15, -0.1) is 0 Å². The average molecular weight is 657 g/mol. The van der Waals surface area contributed by atoms with Crippen molar-refractivity contribution in [2.24, 2.45) is 0 Å². The molecule has 0 aliphatic heterocycles. The summed E-state index contributed by atoms with van der Waals surface area (Å²) in [5.41, 5.74) is 0. The molecule has 0 aromatic heterocycles. The molecule has 0 aromatic carbocycles. The quantitative estimate of drug-likeness (QED) is 0.0293. The third-order valence-corrected chi connectivity index (χ3v) is 7.37. The van der Waals surface area contributed by atoms with Crippen LogP contribution in [0.25, 0.3) is 0 Å². The van der Waals surface area contributed by atoms with Gasteiger partial charge in [0.05, 0.1) is 26.4 Å². The molecule has 10 heteroatoms. The molecule has 0 rings (SSSR count). The van der Waals surface area contributed by atoms with E-state index in [2.05, 4.69) is 79.1 Å². The molecule has 9 nitrogen and oxygen atoms in total. The second-order valence-electron chi connectivity index (χ2n) is 10.8. The van der Waals surface area contributed by atoms with E-state index in [1.165, 1.54) is 6.42 Å². The summed E-state index contributed by atoms with van der Waals surface area (Å²) >= 11 is 0. The standard InChI is InChI=1S/C35H61O9P/c1-3-5-7-9-11-13-15-16-17-18-20-22-24-26-28-41-31-34(32-43-45(39,40)42-30-33(37)29-36)44-35(38)27-25-23-21-19-14-12-10-8-6-4-2/h5,7-8,10-11,13,16-17,20,22,33-34,36-37H,3-4,6,9,12,14-15,18-19,21,23-32H2,1-2H3,(H,39,40)/b7-5-,10-8-,13-11-,17-16-,22-20-. The second kappa shape index (κ2) is 32.1. The van der Waals surface area contributed by atoms with Gasteiger partial charge < -0.3 is 24.6 Å². The van der Waals surface area contributed by atoms with Crippen molar-refractivity contribution >= 4 is 13.8 Å². The molecule has 0 saturated carbocycles. The molecule has 260 valence electrons. The third kappa shape index (κ3) is 31.9. The predicted molar refractivity (Wildman–Crippen MR) is 182 cm³/mol. The number of hydrogen-bond donors (Lipinski definition) is 3. The van der Waals surface area contributed by atoms with Crippen molar-refractivity contribution in [3.8, 4) is 0 Å². The summed E-state index contributed by atoms with van der Waals surface area (Å²) in [5, 5.41) is 18.2. The lowest BCUT2D eigenvalue weighted by Crippen LogP contribution is -2.29. The van der Waals surface area contributed by atoms with Crippen molar-refractivity contribution in [3.63, 3.8) is 0 Å². The summed E-state index contributed by atoms with van der Waals surface area (Å²) in [6.45, 7) is 3.13. The lowest BCUT2D eigenvalue weighted by atomic mass is 10.1. The van der Waals surface area contributed by atoms with Crippen molar-refractivity contribution in [1.82, 2.24) is 0 Å². The molecule has 0 spiro atoms. The highest BCUT2D eigenvalue weighted by molar-refractivity contribution is 7.47. The Balaban J connectivity index is 4.42. The largest absolute Gasteiger partial charge is 0.472 e. The number of phosphoric acid groups is 1. The van der Waals surface area contributed by atoms with Crippen LogP contribution in [0.2, 0.25) is 0 Å². The molecule has 0 heterocycles. The number of ether oxygens (including phenoxy) is 2. The first-order valence-electron chi connectivity index (χ1n) is 16.8. The van der Waals surface area contributed by atoms with Gasteiger partial charge in [-0.3, -0.25) is 13.8 Å². The molecule has 0 aromatic rings. The first-order chi connectivity index (χ1) is 21.8. The smallest absolute Gasteiger partial charge is 0.457 e. The SMILES string of the molecule is CC/C=C\C/C=C\C/C=C\C/C=C\CCCOCC(COP(=O)(O)OCC(O)CO)OC(=O)CCCCCCC/C=C\CCC. The maximum atomic E-state index is 12.5. The highest BCUT2D eigenvalue weighted by Gasteiger charge is 2.26. The van der Waals surface area contributed by atoms with Crippen LogP contribution < -0.4 is 0 Å². The third-order valence-electron chi connectivity index (χ3n) is 6.42. The molecule has 0 radical (unpaired) electrons. The van der Waals surface area contributed by atoms with E-state index in [1.807, 2.05) is 0 Å². The van der Waals surface area contributed by atoms with Crippen molar-refractivity contribution in [2.75, 3.05) is 33.0 Å². The summed E-state index contributed by atoms with van der Waals surface area (Å²) in [7, 11) is -4.52. The Kier molecular flexibility index (Phi) is 30.8. The van der Waals surface area contributed by atoms with Gasteiger partial charge in [-0.2, -0.15) is 0 Å². The van der Waals surface area contributed by atoms with Gasteiger partial charge in [-0.1, -0.05) is 100 Å².